The molecule has 1 heterocycles. The molecular formula is C13H16S. The van der Waals surface area contributed by atoms with Crippen molar-refractivity contribution in [2.24, 2.45) is 0 Å². The van der Waals surface area contributed by atoms with Gasteiger partial charge in [0.15, 0.2) is 0 Å². The lowest BCUT2D eigenvalue weighted by Gasteiger charge is -1.97. The Labute approximate surface area is 89.6 Å². The molecule has 0 radical (unpaired) electrons. The quantitative estimate of drug-likeness (QED) is 0.637. The van der Waals surface area contributed by atoms with Crippen LogP contribution in [0.2, 0.25) is 0 Å². The maximum Gasteiger partial charge on any atom is 0.0345 e. The number of benzene rings is 1. The highest BCUT2D eigenvalue weighted by Crippen LogP contribution is 2.26. The van der Waals surface area contributed by atoms with Crippen molar-refractivity contribution in [1.82, 2.24) is 0 Å². The van der Waals surface area contributed by atoms with Crippen LogP contribution in [0.4, 0.5) is 0 Å². The number of aryl methyl sites for hydroxylation is 1. The van der Waals surface area contributed by atoms with Gasteiger partial charge in [-0.25, -0.2) is 0 Å². The zero-order chi connectivity index (χ0) is 9.80. The predicted molar refractivity (Wildman–Crippen MR) is 65.1 cm³/mol. The van der Waals surface area contributed by atoms with E-state index in [1.54, 1.807) is 5.56 Å². The molecule has 2 rings (SSSR count). The first-order chi connectivity index (χ1) is 6.92. The van der Waals surface area contributed by atoms with Gasteiger partial charge in [0.25, 0.3) is 0 Å². The molecule has 2 aromatic rings. The molecule has 14 heavy (non-hydrogen) atoms. The Kier molecular flexibility index (Phi) is 3.20. The Morgan fingerprint density at radius 3 is 2.86 bits per heavy atom. The third kappa shape index (κ3) is 1.98. The standard InChI is InChI=1S/C13H16S/c1-2-3-4-7-11-10-14-13-9-6-5-8-12(11)13/h5-6,8-10H,2-4,7H2,1H3. The normalized spacial score (nSPS) is 10.9. The predicted octanol–water partition coefficient (Wildman–Crippen LogP) is 4.63. The van der Waals surface area contributed by atoms with Gasteiger partial charge in [0, 0.05) is 4.70 Å². The third-order valence-electron chi connectivity index (χ3n) is 2.61. The van der Waals surface area contributed by atoms with Crippen molar-refractivity contribution in [3.05, 3.63) is 35.2 Å². The lowest BCUT2D eigenvalue weighted by Crippen LogP contribution is -1.82. The van der Waals surface area contributed by atoms with Gasteiger partial charge in [0.1, 0.15) is 0 Å². The number of fused-ring (bicyclic) bond motifs is 1. The van der Waals surface area contributed by atoms with Crippen molar-refractivity contribution in [2.45, 2.75) is 32.6 Å². The Hall–Kier alpha value is -0.820. The lowest BCUT2D eigenvalue weighted by atomic mass is 10.1. The summed E-state index contributed by atoms with van der Waals surface area (Å²) in [7, 11) is 0. The summed E-state index contributed by atoms with van der Waals surface area (Å²) in [6.07, 6.45) is 5.24. The first-order valence-electron chi connectivity index (χ1n) is 5.37. The number of hydrogen-bond donors (Lipinski definition) is 0. The summed E-state index contributed by atoms with van der Waals surface area (Å²) in [5, 5.41) is 3.79. The second-order valence-corrected chi connectivity index (χ2v) is 4.63. The van der Waals surface area contributed by atoms with Crippen LogP contribution in [0.1, 0.15) is 31.7 Å². The molecular weight excluding hydrogens is 188 g/mol. The zero-order valence-corrected chi connectivity index (χ0v) is 9.44. The van der Waals surface area contributed by atoms with E-state index in [-0.39, 0.29) is 0 Å². The Bertz CT molecular complexity index is 400. The van der Waals surface area contributed by atoms with E-state index in [4.69, 9.17) is 0 Å². The number of hydrogen-bond acceptors (Lipinski definition) is 1. The van der Waals surface area contributed by atoms with Gasteiger partial charge >= 0.3 is 0 Å². The second kappa shape index (κ2) is 4.61. The van der Waals surface area contributed by atoms with E-state index in [1.807, 2.05) is 11.3 Å². The molecule has 0 aliphatic rings. The van der Waals surface area contributed by atoms with Gasteiger partial charge in [-0.05, 0) is 35.2 Å². The molecule has 0 aliphatic carbocycles. The second-order valence-electron chi connectivity index (χ2n) is 3.71. The maximum atomic E-state index is 2.32. The van der Waals surface area contributed by atoms with Crippen LogP contribution in [0, 0.1) is 0 Å². The highest BCUT2D eigenvalue weighted by atomic mass is 32.1. The summed E-state index contributed by atoms with van der Waals surface area (Å²) in [6.45, 7) is 2.26. The van der Waals surface area contributed by atoms with Gasteiger partial charge in [-0.15, -0.1) is 11.3 Å². The van der Waals surface area contributed by atoms with Crippen LogP contribution in [0.15, 0.2) is 29.6 Å². The summed E-state index contributed by atoms with van der Waals surface area (Å²) < 4.78 is 1.43. The molecule has 0 spiro atoms. The van der Waals surface area contributed by atoms with Gasteiger partial charge in [-0.2, -0.15) is 0 Å². The molecule has 0 N–H and O–H groups in total. The molecule has 0 fully saturated rings. The molecule has 1 heteroatoms. The SMILES string of the molecule is CCCCCc1csc2ccccc12. The van der Waals surface area contributed by atoms with Crippen LogP contribution >= 0.6 is 11.3 Å². The molecule has 1 aromatic carbocycles. The smallest absolute Gasteiger partial charge is 0.0345 e. The minimum Gasteiger partial charge on any atom is -0.144 e. The van der Waals surface area contributed by atoms with Gasteiger partial charge in [0.05, 0.1) is 0 Å². The van der Waals surface area contributed by atoms with Crippen molar-refractivity contribution < 1.29 is 0 Å². The Morgan fingerprint density at radius 1 is 1.14 bits per heavy atom. The fraction of sp³-hybridized carbons (Fsp3) is 0.385. The topological polar surface area (TPSA) is 0 Å². The summed E-state index contributed by atoms with van der Waals surface area (Å²) in [5.41, 5.74) is 1.54. The van der Waals surface area contributed by atoms with E-state index in [2.05, 4.69) is 36.6 Å². The van der Waals surface area contributed by atoms with E-state index < -0.39 is 0 Å². The molecule has 0 unspecified atom stereocenters. The van der Waals surface area contributed by atoms with Gasteiger partial charge in [-0.3, -0.25) is 0 Å². The average molecular weight is 204 g/mol. The summed E-state index contributed by atoms with van der Waals surface area (Å²) in [4.78, 5) is 0. The number of thiophene rings is 1. The first-order valence-corrected chi connectivity index (χ1v) is 6.25. The molecule has 0 nitrogen and oxygen atoms in total. The van der Waals surface area contributed by atoms with Crippen molar-refractivity contribution in [2.75, 3.05) is 0 Å². The van der Waals surface area contributed by atoms with Gasteiger partial charge in [0.2, 0.25) is 0 Å². The molecule has 0 atom stereocenters. The Balaban J connectivity index is 2.17. The minimum absolute atomic E-state index is 1.25. The monoisotopic (exact) mass is 204 g/mol. The van der Waals surface area contributed by atoms with Crippen molar-refractivity contribution in [3.63, 3.8) is 0 Å². The fourth-order valence-electron chi connectivity index (χ4n) is 1.79. The largest absolute Gasteiger partial charge is 0.144 e. The molecule has 1 aromatic heterocycles. The summed E-state index contributed by atoms with van der Waals surface area (Å²) in [6, 6.07) is 8.71. The number of rotatable bonds is 4. The molecule has 74 valence electrons. The van der Waals surface area contributed by atoms with Crippen molar-refractivity contribution >= 4 is 21.4 Å². The van der Waals surface area contributed by atoms with E-state index >= 15 is 0 Å². The van der Waals surface area contributed by atoms with Crippen LogP contribution in [-0.4, -0.2) is 0 Å². The van der Waals surface area contributed by atoms with Crippen molar-refractivity contribution in [1.29, 1.82) is 0 Å². The first kappa shape index (κ1) is 9.72. The minimum atomic E-state index is 1.25. The Morgan fingerprint density at radius 2 is 2.00 bits per heavy atom. The van der Waals surface area contributed by atoms with Crippen LogP contribution in [-0.2, 0) is 6.42 Å². The molecule has 0 aliphatic heterocycles. The van der Waals surface area contributed by atoms with E-state index in [0.29, 0.717) is 0 Å². The summed E-state index contributed by atoms with van der Waals surface area (Å²) >= 11 is 1.87. The third-order valence-corrected chi connectivity index (χ3v) is 3.62. The highest BCUT2D eigenvalue weighted by Gasteiger charge is 2.01. The molecule has 0 saturated carbocycles. The summed E-state index contributed by atoms with van der Waals surface area (Å²) in [5.74, 6) is 0. The maximum absolute atomic E-state index is 2.32. The molecule has 0 saturated heterocycles. The van der Waals surface area contributed by atoms with E-state index in [0.717, 1.165) is 0 Å². The number of unbranched alkanes of at least 4 members (excludes halogenated alkanes) is 2. The van der Waals surface area contributed by atoms with Gasteiger partial charge in [-0.1, -0.05) is 38.0 Å². The van der Waals surface area contributed by atoms with Crippen LogP contribution < -0.4 is 0 Å². The van der Waals surface area contributed by atoms with Gasteiger partial charge < -0.3 is 0 Å². The zero-order valence-electron chi connectivity index (χ0n) is 8.62. The van der Waals surface area contributed by atoms with Crippen molar-refractivity contribution in [3.8, 4) is 0 Å². The molecule has 0 amide bonds. The van der Waals surface area contributed by atoms with Crippen LogP contribution in [0.3, 0.4) is 0 Å². The average Bonchev–Trinajstić information content (AvgIpc) is 2.63. The highest BCUT2D eigenvalue weighted by molar-refractivity contribution is 7.17. The van der Waals surface area contributed by atoms with E-state index in [1.165, 1.54) is 35.8 Å². The van der Waals surface area contributed by atoms with Crippen LogP contribution in [0.25, 0.3) is 10.1 Å². The fourth-order valence-corrected chi connectivity index (χ4v) is 2.79. The molecule has 0 bridgehead atoms. The lowest BCUT2D eigenvalue weighted by molar-refractivity contribution is 0.720. The van der Waals surface area contributed by atoms with Crippen LogP contribution in [0.5, 0.6) is 0 Å². The van der Waals surface area contributed by atoms with E-state index in [9.17, 15) is 0 Å².